The zero-order valence-corrected chi connectivity index (χ0v) is 18.2. The Bertz CT molecular complexity index is 1050. The van der Waals surface area contributed by atoms with Crippen molar-refractivity contribution in [3.63, 3.8) is 0 Å². The fraction of sp³-hybridized carbons (Fsp3) is 0.409. The van der Waals surface area contributed by atoms with Crippen LogP contribution in [0.25, 0.3) is 0 Å². The minimum atomic E-state index is -3.75. The van der Waals surface area contributed by atoms with Gasteiger partial charge in [-0.1, -0.05) is 36.7 Å². The molecule has 1 amide bonds. The van der Waals surface area contributed by atoms with Gasteiger partial charge in [-0.2, -0.15) is 4.31 Å². The Hall–Kier alpha value is -1.89. The fourth-order valence-corrected chi connectivity index (χ4v) is 6.45. The lowest BCUT2D eigenvalue weighted by Crippen LogP contribution is -2.39. The van der Waals surface area contributed by atoms with Gasteiger partial charge in [0.25, 0.3) is 5.91 Å². The molecular weight excluding hydrogens is 408 g/mol. The molecule has 154 valence electrons. The molecule has 0 aromatic heterocycles. The molecule has 2 aliphatic heterocycles. The molecule has 2 aromatic carbocycles. The van der Waals surface area contributed by atoms with E-state index in [2.05, 4.69) is 6.92 Å². The number of hydrogen-bond acceptors (Lipinski definition) is 3. The van der Waals surface area contributed by atoms with E-state index in [1.54, 1.807) is 11.0 Å². The molecule has 0 saturated carbocycles. The first kappa shape index (κ1) is 20.4. The maximum Gasteiger partial charge on any atom is 0.258 e. The van der Waals surface area contributed by atoms with Gasteiger partial charge in [0.05, 0.1) is 5.02 Å². The normalized spacial score (nSPS) is 22.5. The molecule has 0 unspecified atom stereocenters. The van der Waals surface area contributed by atoms with Crippen LogP contribution < -0.4 is 4.90 Å². The number of fused-ring (bicyclic) bond motifs is 1. The smallest absolute Gasteiger partial charge is 0.258 e. The maximum absolute atomic E-state index is 13.3. The van der Waals surface area contributed by atoms with E-state index in [0.29, 0.717) is 24.6 Å². The first-order chi connectivity index (χ1) is 13.8. The van der Waals surface area contributed by atoms with Crippen LogP contribution in [0, 0.1) is 5.92 Å². The highest BCUT2D eigenvalue weighted by molar-refractivity contribution is 7.89. The van der Waals surface area contributed by atoms with E-state index in [1.165, 1.54) is 16.4 Å². The molecule has 0 radical (unpaired) electrons. The molecule has 2 heterocycles. The summed E-state index contributed by atoms with van der Waals surface area (Å²) in [5.74, 6) is 0.103. The van der Waals surface area contributed by atoms with Gasteiger partial charge in [-0.25, -0.2) is 8.42 Å². The molecule has 0 bridgehead atoms. The highest BCUT2D eigenvalue weighted by Gasteiger charge is 2.34. The summed E-state index contributed by atoms with van der Waals surface area (Å²) < 4.78 is 27.9. The van der Waals surface area contributed by atoms with E-state index < -0.39 is 10.0 Å². The van der Waals surface area contributed by atoms with Crippen molar-refractivity contribution in [2.24, 2.45) is 5.92 Å². The summed E-state index contributed by atoms with van der Waals surface area (Å²) in [5.41, 5.74) is 2.34. The number of carbonyl (C=O) groups excluding carboxylic acids is 1. The number of benzene rings is 2. The highest BCUT2D eigenvalue weighted by Crippen LogP contribution is 2.34. The van der Waals surface area contributed by atoms with Crippen molar-refractivity contribution < 1.29 is 13.2 Å². The maximum atomic E-state index is 13.3. The third-order valence-electron chi connectivity index (χ3n) is 5.84. The number of nitrogens with zero attached hydrogens (tertiary/aromatic N) is 2. The van der Waals surface area contributed by atoms with Crippen LogP contribution in [-0.2, 0) is 16.4 Å². The van der Waals surface area contributed by atoms with Crippen LogP contribution in [0.3, 0.4) is 0 Å². The molecular formula is C22H25ClN2O3S. The summed E-state index contributed by atoms with van der Waals surface area (Å²) in [6.45, 7) is 5.01. The third kappa shape index (κ3) is 3.69. The number of sulfonamides is 1. The minimum Gasteiger partial charge on any atom is -0.305 e. The van der Waals surface area contributed by atoms with E-state index in [-0.39, 0.29) is 21.9 Å². The topological polar surface area (TPSA) is 57.7 Å². The third-order valence-corrected chi connectivity index (χ3v) is 8.19. The van der Waals surface area contributed by atoms with E-state index in [4.69, 9.17) is 11.6 Å². The van der Waals surface area contributed by atoms with Crippen LogP contribution in [0.2, 0.25) is 5.02 Å². The van der Waals surface area contributed by atoms with Crippen molar-refractivity contribution in [1.29, 1.82) is 0 Å². The zero-order valence-electron chi connectivity index (χ0n) is 16.6. The van der Waals surface area contributed by atoms with Gasteiger partial charge in [-0.15, -0.1) is 0 Å². The van der Waals surface area contributed by atoms with Gasteiger partial charge < -0.3 is 4.90 Å². The van der Waals surface area contributed by atoms with Gasteiger partial charge in [0, 0.05) is 30.4 Å². The number of halogens is 1. The molecule has 0 spiro atoms. The molecule has 1 fully saturated rings. The summed E-state index contributed by atoms with van der Waals surface area (Å²) in [4.78, 5) is 15.1. The van der Waals surface area contributed by atoms with Crippen LogP contribution in [0.1, 0.15) is 42.6 Å². The van der Waals surface area contributed by atoms with Crippen LogP contribution in [0.15, 0.2) is 47.4 Å². The number of hydrogen-bond donors (Lipinski definition) is 0. The Morgan fingerprint density at radius 1 is 1.14 bits per heavy atom. The quantitative estimate of drug-likeness (QED) is 0.724. The largest absolute Gasteiger partial charge is 0.305 e. The van der Waals surface area contributed by atoms with Crippen molar-refractivity contribution in [3.05, 3.63) is 58.6 Å². The van der Waals surface area contributed by atoms with Crippen LogP contribution in [-0.4, -0.2) is 37.8 Å². The zero-order chi connectivity index (χ0) is 20.8. The summed E-state index contributed by atoms with van der Waals surface area (Å²) >= 11 is 6.28. The minimum absolute atomic E-state index is 0.0126. The number of piperidine rings is 1. The molecule has 5 nitrogen and oxygen atoms in total. The second-order valence-corrected chi connectivity index (χ2v) is 10.4. The molecule has 2 aliphatic rings. The lowest BCUT2D eigenvalue weighted by Gasteiger charge is -2.30. The molecule has 4 rings (SSSR count). The van der Waals surface area contributed by atoms with Gasteiger partial charge >= 0.3 is 0 Å². The van der Waals surface area contributed by atoms with Crippen molar-refractivity contribution in [2.75, 3.05) is 18.0 Å². The number of para-hydroxylation sites is 1. The molecule has 0 N–H and O–H groups in total. The van der Waals surface area contributed by atoms with Gasteiger partial charge in [-0.05, 0) is 61.9 Å². The average molecular weight is 433 g/mol. The highest BCUT2D eigenvalue weighted by atomic mass is 35.5. The van der Waals surface area contributed by atoms with Crippen LogP contribution in [0.4, 0.5) is 5.69 Å². The second-order valence-electron chi connectivity index (χ2n) is 8.11. The van der Waals surface area contributed by atoms with Crippen molar-refractivity contribution in [1.82, 2.24) is 4.31 Å². The van der Waals surface area contributed by atoms with Crippen molar-refractivity contribution in [3.8, 4) is 0 Å². The van der Waals surface area contributed by atoms with E-state index in [0.717, 1.165) is 30.5 Å². The Balaban J connectivity index is 1.70. The predicted octanol–water partition coefficient (Wildman–Crippen LogP) is 4.35. The monoisotopic (exact) mass is 432 g/mol. The Labute approximate surface area is 177 Å². The van der Waals surface area contributed by atoms with Gasteiger partial charge in [-0.3, -0.25) is 4.79 Å². The summed E-state index contributed by atoms with van der Waals surface area (Å²) in [6, 6.07) is 12.4. The predicted molar refractivity (Wildman–Crippen MR) is 115 cm³/mol. The Morgan fingerprint density at radius 2 is 1.90 bits per heavy atom. The molecule has 7 heteroatoms. The lowest BCUT2D eigenvalue weighted by atomic mass is 10.0. The van der Waals surface area contributed by atoms with E-state index in [9.17, 15) is 13.2 Å². The number of carbonyl (C=O) groups is 1. The summed E-state index contributed by atoms with van der Waals surface area (Å²) in [5, 5.41) is 0.148. The lowest BCUT2D eigenvalue weighted by molar-refractivity contribution is 0.0981. The molecule has 2 aromatic rings. The second kappa shape index (κ2) is 7.74. The fourth-order valence-electron chi connectivity index (χ4n) is 4.35. The van der Waals surface area contributed by atoms with Gasteiger partial charge in [0.1, 0.15) is 4.90 Å². The van der Waals surface area contributed by atoms with Crippen LogP contribution >= 0.6 is 11.6 Å². The Kier molecular flexibility index (Phi) is 5.44. The van der Waals surface area contributed by atoms with Crippen molar-refractivity contribution in [2.45, 2.75) is 44.0 Å². The van der Waals surface area contributed by atoms with Gasteiger partial charge in [0.2, 0.25) is 10.0 Å². The molecule has 29 heavy (non-hydrogen) atoms. The molecule has 0 aliphatic carbocycles. The summed E-state index contributed by atoms with van der Waals surface area (Å²) in [6.07, 6.45) is 2.63. The standard InChI is InChI=1S/C22H25ClN2O3S/c1-15-6-5-11-24(14-15)29(27,28)21-13-18(9-10-19(21)23)22(26)25-16(2)12-17-7-3-4-8-20(17)25/h3-4,7-10,13,15-16H,5-6,11-12,14H2,1-2H3/t15-,16+/m1/s1. The number of rotatable bonds is 3. The van der Waals surface area contributed by atoms with Crippen LogP contribution in [0.5, 0.6) is 0 Å². The molecule has 2 atom stereocenters. The van der Waals surface area contributed by atoms with E-state index >= 15 is 0 Å². The first-order valence-corrected chi connectivity index (χ1v) is 11.8. The molecule has 1 saturated heterocycles. The average Bonchev–Trinajstić information content (AvgIpc) is 3.03. The Morgan fingerprint density at radius 3 is 2.66 bits per heavy atom. The number of anilines is 1. The van der Waals surface area contributed by atoms with E-state index in [1.807, 2.05) is 31.2 Å². The summed E-state index contributed by atoms with van der Waals surface area (Å²) in [7, 11) is -3.75. The first-order valence-electron chi connectivity index (χ1n) is 10.00. The SMILES string of the molecule is C[C@@H]1CCCN(S(=O)(=O)c2cc(C(=O)N3c4ccccc4C[C@@H]3C)ccc2Cl)C1. The van der Waals surface area contributed by atoms with Crippen molar-refractivity contribution >= 4 is 33.2 Å². The number of amides is 1. The van der Waals surface area contributed by atoms with Gasteiger partial charge in [0.15, 0.2) is 0 Å².